The molecular weight excluding hydrogens is 321 g/mol. The van der Waals surface area contributed by atoms with Crippen molar-refractivity contribution in [2.24, 2.45) is 0 Å². The second kappa shape index (κ2) is 6.58. The van der Waals surface area contributed by atoms with Gasteiger partial charge in [-0.05, 0) is 18.6 Å². The predicted molar refractivity (Wildman–Crippen MR) is 78.5 cm³/mol. The van der Waals surface area contributed by atoms with Gasteiger partial charge in [-0.3, -0.25) is 0 Å². The average molecular weight is 334 g/mol. The summed E-state index contributed by atoms with van der Waals surface area (Å²) in [7, 11) is -3.65. The average Bonchev–Trinajstić information content (AvgIpc) is 2.91. The van der Waals surface area contributed by atoms with Crippen molar-refractivity contribution >= 4 is 33.2 Å². The Balaban J connectivity index is 1.95. The smallest absolute Gasteiger partial charge is 0.242 e. The molecule has 1 N–H and O–H groups in total. The fraction of sp³-hybridized carbons (Fsp3) is 0.250. The Morgan fingerprint density at radius 3 is 2.80 bits per heavy atom. The molecule has 0 aliphatic carbocycles. The molecule has 0 fully saturated rings. The lowest BCUT2D eigenvalue weighted by atomic mass is 10.4. The van der Waals surface area contributed by atoms with Crippen molar-refractivity contribution in [3.8, 4) is 0 Å². The van der Waals surface area contributed by atoms with Crippen molar-refractivity contribution in [1.29, 1.82) is 0 Å². The zero-order valence-electron chi connectivity index (χ0n) is 10.5. The van der Waals surface area contributed by atoms with Gasteiger partial charge in [-0.15, -0.1) is 0 Å². The van der Waals surface area contributed by atoms with E-state index in [4.69, 9.17) is 23.2 Å². The lowest BCUT2D eigenvalue weighted by Gasteiger charge is -2.09. The molecule has 5 nitrogen and oxygen atoms in total. The molecule has 1 aromatic heterocycles. The van der Waals surface area contributed by atoms with Crippen LogP contribution in [0.15, 0.2) is 41.8 Å². The fourth-order valence-electron chi connectivity index (χ4n) is 1.66. The third kappa shape index (κ3) is 3.73. The summed E-state index contributed by atoms with van der Waals surface area (Å²) in [5.41, 5.74) is 0. The first kappa shape index (κ1) is 15.3. The van der Waals surface area contributed by atoms with Crippen LogP contribution in [0.1, 0.15) is 6.42 Å². The van der Waals surface area contributed by atoms with E-state index in [0.29, 0.717) is 19.5 Å². The third-order valence-corrected chi connectivity index (χ3v) is 5.08. The maximum absolute atomic E-state index is 12.1. The van der Waals surface area contributed by atoms with Gasteiger partial charge in [-0.2, -0.15) is 0 Å². The van der Waals surface area contributed by atoms with E-state index in [9.17, 15) is 8.42 Å². The van der Waals surface area contributed by atoms with Crippen molar-refractivity contribution in [2.75, 3.05) is 6.54 Å². The monoisotopic (exact) mass is 333 g/mol. The highest BCUT2D eigenvalue weighted by Gasteiger charge is 2.18. The Bertz CT molecular complexity index is 672. The normalized spacial score (nSPS) is 11.7. The molecule has 0 atom stereocenters. The maximum atomic E-state index is 12.1. The van der Waals surface area contributed by atoms with Crippen LogP contribution in [0.5, 0.6) is 0 Å². The van der Waals surface area contributed by atoms with Crippen LogP contribution in [-0.4, -0.2) is 24.5 Å². The van der Waals surface area contributed by atoms with Crippen LogP contribution in [0.25, 0.3) is 0 Å². The molecule has 0 unspecified atom stereocenters. The molecule has 8 heteroatoms. The van der Waals surface area contributed by atoms with Crippen LogP contribution in [0, 0.1) is 0 Å². The first-order chi connectivity index (χ1) is 9.50. The number of hydrogen-bond donors (Lipinski definition) is 1. The van der Waals surface area contributed by atoms with E-state index in [1.807, 2.05) is 10.8 Å². The van der Waals surface area contributed by atoms with Crippen molar-refractivity contribution in [2.45, 2.75) is 17.9 Å². The topological polar surface area (TPSA) is 64.0 Å². The number of nitrogens with one attached hydrogen (secondary N) is 1. The van der Waals surface area contributed by atoms with E-state index in [1.54, 1.807) is 24.7 Å². The highest BCUT2D eigenvalue weighted by atomic mass is 35.5. The van der Waals surface area contributed by atoms with Crippen molar-refractivity contribution in [3.05, 3.63) is 47.0 Å². The van der Waals surface area contributed by atoms with Gasteiger partial charge in [0.15, 0.2) is 0 Å². The fourth-order valence-corrected chi connectivity index (χ4v) is 3.49. The quantitative estimate of drug-likeness (QED) is 0.826. The van der Waals surface area contributed by atoms with Crippen LogP contribution >= 0.6 is 23.2 Å². The lowest BCUT2D eigenvalue weighted by molar-refractivity contribution is 0.570. The van der Waals surface area contributed by atoms with Gasteiger partial charge in [0.25, 0.3) is 0 Å². The zero-order valence-corrected chi connectivity index (χ0v) is 12.8. The summed E-state index contributed by atoms with van der Waals surface area (Å²) in [5.74, 6) is 0. The van der Waals surface area contributed by atoms with Gasteiger partial charge >= 0.3 is 0 Å². The Hall–Kier alpha value is -1.08. The van der Waals surface area contributed by atoms with E-state index in [0.717, 1.165) is 0 Å². The van der Waals surface area contributed by atoms with Gasteiger partial charge in [-0.25, -0.2) is 18.1 Å². The van der Waals surface area contributed by atoms with Gasteiger partial charge in [0.1, 0.15) is 4.90 Å². The number of benzene rings is 1. The van der Waals surface area contributed by atoms with E-state index in [1.165, 1.54) is 6.07 Å². The van der Waals surface area contributed by atoms with Gasteiger partial charge < -0.3 is 4.57 Å². The summed E-state index contributed by atoms with van der Waals surface area (Å²) in [5, 5.41) is 0.254. The maximum Gasteiger partial charge on any atom is 0.242 e. The Kier molecular flexibility index (Phi) is 5.04. The zero-order chi connectivity index (χ0) is 14.6. The van der Waals surface area contributed by atoms with E-state index in [-0.39, 0.29) is 14.9 Å². The Morgan fingerprint density at radius 1 is 1.30 bits per heavy atom. The minimum atomic E-state index is -3.65. The number of imidazole rings is 1. The molecular formula is C12H13Cl2N3O2S. The number of hydrogen-bond acceptors (Lipinski definition) is 3. The molecule has 0 spiro atoms. The number of nitrogens with zero attached hydrogens (tertiary/aromatic N) is 2. The van der Waals surface area contributed by atoms with Gasteiger partial charge in [-0.1, -0.05) is 29.3 Å². The van der Waals surface area contributed by atoms with E-state index >= 15 is 0 Å². The van der Waals surface area contributed by atoms with Crippen molar-refractivity contribution < 1.29 is 8.42 Å². The number of rotatable bonds is 6. The summed E-state index contributed by atoms with van der Waals surface area (Å²) >= 11 is 11.7. The predicted octanol–water partition coefficient (Wildman–Crippen LogP) is 2.56. The molecule has 20 heavy (non-hydrogen) atoms. The van der Waals surface area contributed by atoms with Crippen molar-refractivity contribution in [3.63, 3.8) is 0 Å². The lowest BCUT2D eigenvalue weighted by Crippen LogP contribution is -2.25. The molecule has 2 aromatic rings. The summed E-state index contributed by atoms with van der Waals surface area (Å²) in [6, 6.07) is 4.52. The summed E-state index contributed by atoms with van der Waals surface area (Å²) in [6.07, 6.45) is 5.83. The SMILES string of the molecule is O=S(=O)(NCCCn1ccnc1)c1cccc(Cl)c1Cl. The van der Waals surface area contributed by atoms with Crippen LogP contribution in [0.4, 0.5) is 0 Å². The minimum absolute atomic E-state index is 0.00528. The van der Waals surface area contributed by atoms with Crippen LogP contribution < -0.4 is 4.72 Å². The third-order valence-electron chi connectivity index (χ3n) is 2.65. The van der Waals surface area contributed by atoms with Crippen molar-refractivity contribution in [1.82, 2.24) is 14.3 Å². The molecule has 0 radical (unpaired) electrons. The molecule has 1 heterocycles. The molecule has 1 aromatic carbocycles. The number of aromatic nitrogens is 2. The van der Waals surface area contributed by atoms with E-state index in [2.05, 4.69) is 9.71 Å². The Morgan fingerprint density at radius 2 is 2.10 bits per heavy atom. The summed E-state index contributed by atoms with van der Waals surface area (Å²) in [4.78, 5) is 3.91. The molecule has 0 saturated carbocycles. The standard InChI is InChI=1S/C12H13Cl2N3O2S/c13-10-3-1-4-11(12(10)14)20(18,19)16-5-2-7-17-8-6-15-9-17/h1,3-4,6,8-9,16H,2,5,7H2. The second-order valence-corrected chi connectivity index (χ2v) is 6.62. The van der Waals surface area contributed by atoms with Crippen LogP contribution in [0.2, 0.25) is 10.0 Å². The minimum Gasteiger partial charge on any atom is -0.337 e. The highest BCUT2D eigenvalue weighted by Crippen LogP contribution is 2.28. The number of halogens is 2. The number of aryl methyl sites for hydroxylation is 1. The molecule has 108 valence electrons. The Labute approximate surface area is 127 Å². The second-order valence-electron chi connectivity index (χ2n) is 4.10. The van der Waals surface area contributed by atoms with Crippen LogP contribution in [0.3, 0.4) is 0 Å². The largest absolute Gasteiger partial charge is 0.337 e. The van der Waals surface area contributed by atoms with Gasteiger partial charge in [0, 0.05) is 25.5 Å². The first-order valence-electron chi connectivity index (χ1n) is 5.90. The molecule has 2 rings (SSSR count). The number of sulfonamides is 1. The van der Waals surface area contributed by atoms with Crippen LogP contribution in [-0.2, 0) is 16.6 Å². The van der Waals surface area contributed by atoms with Gasteiger partial charge in [0.2, 0.25) is 10.0 Å². The van der Waals surface area contributed by atoms with E-state index < -0.39 is 10.0 Å². The molecule has 0 bridgehead atoms. The summed E-state index contributed by atoms with van der Waals surface area (Å²) in [6.45, 7) is 0.995. The molecule has 0 aliphatic rings. The first-order valence-corrected chi connectivity index (χ1v) is 8.14. The molecule has 0 saturated heterocycles. The summed E-state index contributed by atoms with van der Waals surface area (Å²) < 4.78 is 28.6. The molecule has 0 aliphatic heterocycles. The molecule has 0 amide bonds. The van der Waals surface area contributed by atoms with Gasteiger partial charge in [0.05, 0.1) is 16.4 Å². The highest BCUT2D eigenvalue weighted by molar-refractivity contribution is 7.89.